The van der Waals surface area contributed by atoms with Crippen molar-refractivity contribution in [1.29, 1.82) is 0 Å². The number of amides is 3. The Morgan fingerprint density at radius 1 is 0.727 bits per heavy atom. The summed E-state index contributed by atoms with van der Waals surface area (Å²) in [6, 6.07) is -4.98. The van der Waals surface area contributed by atoms with Crippen LogP contribution in [0.4, 0.5) is 0 Å². The maximum atomic E-state index is 12.6. The van der Waals surface area contributed by atoms with Crippen LogP contribution < -0.4 is 27.4 Å². The highest BCUT2D eigenvalue weighted by Crippen LogP contribution is 2.04. The van der Waals surface area contributed by atoms with Gasteiger partial charge >= 0.3 is 17.9 Å². The maximum absolute atomic E-state index is 12.6. The van der Waals surface area contributed by atoms with E-state index in [1.54, 1.807) is 0 Å². The lowest BCUT2D eigenvalue weighted by molar-refractivity contribution is -0.142. The van der Waals surface area contributed by atoms with E-state index in [9.17, 15) is 33.9 Å². The van der Waals surface area contributed by atoms with Gasteiger partial charge in [0.15, 0.2) is 0 Å². The van der Waals surface area contributed by atoms with Gasteiger partial charge in [-0.3, -0.25) is 24.0 Å². The van der Waals surface area contributed by atoms with Crippen LogP contribution in [-0.2, 0) is 28.8 Å². The summed E-state index contributed by atoms with van der Waals surface area (Å²) in [4.78, 5) is 69.9. The number of hydrogen-bond donors (Lipinski definition) is 8. The van der Waals surface area contributed by atoms with Gasteiger partial charge in [0.05, 0.1) is 6.04 Å². The summed E-state index contributed by atoms with van der Waals surface area (Å²) in [6.45, 7) is 1.66. The van der Waals surface area contributed by atoms with Crippen molar-refractivity contribution in [3.63, 3.8) is 0 Å². The first-order chi connectivity index (χ1) is 15.4. The summed E-state index contributed by atoms with van der Waals surface area (Å²) in [5, 5.41) is 33.7. The zero-order valence-corrected chi connectivity index (χ0v) is 18.4. The first kappa shape index (κ1) is 29.7. The molecule has 33 heavy (non-hydrogen) atoms. The molecule has 4 atom stereocenters. The Balaban J connectivity index is 5.07. The molecular weight excluding hydrogens is 442 g/mol. The lowest BCUT2D eigenvalue weighted by atomic mass is 10.1. The molecule has 0 aromatic heterocycles. The number of carboxylic acid groups (broad SMARTS) is 3. The van der Waals surface area contributed by atoms with E-state index in [1.165, 1.54) is 6.92 Å². The number of carboxylic acids is 3. The Morgan fingerprint density at radius 3 is 1.79 bits per heavy atom. The quantitative estimate of drug-likeness (QED) is 0.104. The van der Waals surface area contributed by atoms with Crippen molar-refractivity contribution in [2.75, 3.05) is 6.54 Å². The molecule has 0 aliphatic carbocycles. The van der Waals surface area contributed by atoms with Crippen molar-refractivity contribution < 1.29 is 44.1 Å². The van der Waals surface area contributed by atoms with Gasteiger partial charge < -0.3 is 42.7 Å². The number of hydrogen-bond acceptors (Lipinski definition) is 8. The summed E-state index contributed by atoms with van der Waals surface area (Å²) in [5.74, 6) is -6.17. The van der Waals surface area contributed by atoms with Gasteiger partial charge in [-0.2, -0.15) is 0 Å². The molecule has 0 heterocycles. The van der Waals surface area contributed by atoms with E-state index in [4.69, 9.17) is 21.7 Å². The van der Waals surface area contributed by atoms with Crippen LogP contribution in [0.5, 0.6) is 0 Å². The van der Waals surface area contributed by atoms with Gasteiger partial charge in [-0.1, -0.05) is 0 Å². The third-order valence-corrected chi connectivity index (χ3v) is 4.60. The number of aliphatic carboxylic acids is 3. The molecule has 0 saturated heterocycles. The Kier molecular flexibility index (Phi) is 14.0. The minimum atomic E-state index is -1.36. The first-order valence-electron chi connectivity index (χ1n) is 10.4. The molecule has 188 valence electrons. The zero-order chi connectivity index (χ0) is 25.6. The van der Waals surface area contributed by atoms with E-state index in [0.29, 0.717) is 19.4 Å². The topological polar surface area (TPSA) is 251 Å². The van der Waals surface area contributed by atoms with Crippen LogP contribution in [0, 0.1) is 0 Å². The molecule has 0 aliphatic rings. The number of carbonyl (C=O) groups is 6. The number of nitrogens with two attached hydrogens (primary N) is 2. The molecule has 4 unspecified atom stereocenters. The van der Waals surface area contributed by atoms with Gasteiger partial charge in [0.2, 0.25) is 17.7 Å². The molecule has 0 radical (unpaired) electrons. The third kappa shape index (κ3) is 13.0. The first-order valence-corrected chi connectivity index (χ1v) is 10.4. The van der Waals surface area contributed by atoms with E-state index in [0.717, 1.165) is 0 Å². The highest BCUT2D eigenvalue weighted by Gasteiger charge is 2.28. The summed E-state index contributed by atoms with van der Waals surface area (Å²) in [5.41, 5.74) is 11.0. The van der Waals surface area contributed by atoms with Crippen molar-refractivity contribution in [3.8, 4) is 0 Å². The SMILES string of the molecule is CC(NC(=O)C(CCC(=O)O)NC(=O)C(N)CCC(=O)O)C(=O)NC(CCCCN)C(=O)O. The molecular formula is C19H33N5O9. The van der Waals surface area contributed by atoms with Crippen molar-refractivity contribution >= 4 is 35.6 Å². The van der Waals surface area contributed by atoms with Gasteiger partial charge in [0.25, 0.3) is 0 Å². The van der Waals surface area contributed by atoms with E-state index in [-0.39, 0.29) is 25.7 Å². The van der Waals surface area contributed by atoms with Crippen LogP contribution in [0.15, 0.2) is 0 Å². The Bertz CT molecular complexity index is 716. The van der Waals surface area contributed by atoms with E-state index in [1.807, 2.05) is 0 Å². The standard InChI is InChI=1S/C19H33N5O9/c1-10(16(29)24-13(19(32)33)4-2-3-9-20)22-18(31)12(6-8-15(27)28)23-17(30)11(21)5-7-14(25)26/h10-13H,2-9,20-21H2,1H3,(H,22,31)(H,23,30)(H,24,29)(H,25,26)(H,27,28)(H,32,33). The average molecular weight is 475 g/mol. The van der Waals surface area contributed by atoms with Gasteiger partial charge in [0.1, 0.15) is 18.1 Å². The minimum Gasteiger partial charge on any atom is -0.481 e. The molecule has 0 fully saturated rings. The molecule has 0 spiro atoms. The second kappa shape index (κ2) is 15.5. The fourth-order valence-electron chi connectivity index (χ4n) is 2.65. The average Bonchev–Trinajstić information content (AvgIpc) is 2.73. The van der Waals surface area contributed by atoms with E-state index < -0.39 is 66.2 Å². The molecule has 0 rings (SSSR count). The molecule has 0 bridgehead atoms. The second-order valence-corrected chi connectivity index (χ2v) is 7.45. The van der Waals surface area contributed by atoms with Crippen molar-refractivity contribution in [2.45, 2.75) is 76.0 Å². The van der Waals surface area contributed by atoms with Crippen LogP contribution in [0.2, 0.25) is 0 Å². The second-order valence-electron chi connectivity index (χ2n) is 7.45. The van der Waals surface area contributed by atoms with Gasteiger partial charge in [-0.15, -0.1) is 0 Å². The van der Waals surface area contributed by atoms with Gasteiger partial charge in [-0.25, -0.2) is 4.79 Å². The summed E-state index contributed by atoms with van der Waals surface area (Å²) in [6.07, 6.45) is -0.188. The summed E-state index contributed by atoms with van der Waals surface area (Å²) in [7, 11) is 0. The van der Waals surface area contributed by atoms with Gasteiger partial charge in [-0.05, 0) is 45.6 Å². The molecule has 0 aromatic rings. The Hall–Kier alpha value is -3.26. The highest BCUT2D eigenvalue weighted by atomic mass is 16.4. The number of nitrogens with one attached hydrogen (secondary N) is 3. The maximum Gasteiger partial charge on any atom is 0.326 e. The smallest absolute Gasteiger partial charge is 0.326 e. The Morgan fingerprint density at radius 2 is 1.27 bits per heavy atom. The predicted octanol–water partition coefficient (Wildman–Crippen LogP) is -2.27. The normalized spacial score (nSPS) is 14.3. The van der Waals surface area contributed by atoms with Crippen LogP contribution in [0.1, 0.15) is 51.9 Å². The lowest BCUT2D eigenvalue weighted by Gasteiger charge is -2.23. The van der Waals surface area contributed by atoms with E-state index >= 15 is 0 Å². The van der Waals surface area contributed by atoms with Crippen molar-refractivity contribution in [1.82, 2.24) is 16.0 Å². The predicted molar refractivity (Wildman–Crippen MR) is 114 cm³/mol. The van der Waals surface area contributed by atoms with Crippen LogP contribution in [0.3, 0.4) is 0 Å². The van der Waals surface area contributed by atoms with Gasteiger partial charge in [0, 0.05) is 12.8 Å². The fourth-order valence-corrected chi connectivity index (χ4v) is 2.65. The highest BCUT2D eigenvalue weighted by molar-refractivity contribution is 5.94. The molecule has 0 aromatic carbocycles. The summed E-state index contributed by atoms with van der Waals surface area (Å²) >= 11 is 0. The lowest BCUT2D eigenvalue weighted by Crippen LogP contribution is -2.56. The largest absolute Gasteiger partial charge is 0.481 e. The van der Waals surface area contributed by atoms with Crippen LogP contribution >= 0.6 is 0 Å². The fraction of sp³-hybridized carbons (Fsp3) is 0.684. The molecule has 0 aliphatic heterocycles. The molecule has 3 amide bonds. The monoisotopic (exact) mass is 475 g/mol. The molecule has 10 N–H and O–H groups in total. The van der Waals surface area contributed by atoms with E-state index in [2.05, 4.69) is 16.0 Å². The van der Waals surface area contributed by atoms with Crippen LogP contribution in [-0.4, -0.2) is 81.7 Å². The number of rotatable bonds is 17. The van der Waals surface area contributed by atoms with Crippen LogP contribution in [0.25, 0.3) is 0 Å². The number of unbranched alkanes of at least 4 members (excludes halogenated alkanes) is 1. The van der Waals surface area contributed by atoms with Crippen molar-refractivity contribution in [3.05, 3.63) is 0 Å². The summed E-state index contributed by atoms with van der Waals surface area (Å²) < 4.78 is 0. The molecule has 0 saturated carbocycles. The van der Waals surface area contributed by atoms with Crippen molar-refractivity contribution in [2.24, 2.45) is 11.5 Å². The molecule has 14 nitrogen and oxygen atoms in total. The number of carbonyl (C=O) groups excluding carboxylic acids is 3. The molecule has 14 heteroatoms. The minimum absolute atomic E-state index is 0.143. The third-order valence-electron chi connectivity index (χ3n) is 4.60. The Labute approximate surface area is 190 Å². The zero-order valence-electron chi connectivity index (χ0n) is 18.4.